The monoisotopic (exact) mass is 653 g/mol. The lowest BCUT2D eigenvalue weighted by molar-refractivity contribution is -0.151. The number of hydrogen-bond donors (Lipinski definition) is 3. The van der Waals surface area contributed by atoms with Crippen LogP contribution in [0.25, 0.3) is 11.1 Å². The van der Waals surface area contributed by atoms with Crippen LogP contribution in [0.4, 0.5) is 4.79 Å². The molecule has 252 valence electrons. The summed E-state index contributed by atoms with van der Waals surface area (Å²) >= 11 is 0. The van der Waals surface area contributed by atoms with Gasteiger partial charge < -0.3 is 30.1 Å². The molecule has 1 aliphatic heterocycles. The number of cyclic esters (lactones) is 1. The van der Waals surface area contributed by atoms with Gasteiger partial charge in [-0.3, -0.25) is 9.59 Å². The topological polar surface area (TPSA) is 134 Å². The normalized spacial score (nSPS) is 19.8. The Morgan fingerprint density at radius 2 is 1.62 bits per heavy atom. The molecule has 0 saturated carbocycles. The number of benzene rings is 3. The SMILES string of the molecule is CC1CNC(=O)C(CC(=O)N(CCO)Cc2ccccc2)CC=CCCC(NC(=O)OCC2c3ccccc3-c3ccccc32)C(=O)O1. The highest BCUT2D eigenvalue weighted by Crippen LogP contribution is 2.44. The first kappa shape index (κ1) is 34.4. The number of hydrogen-bond acceptors (Lipinski definition) is 7. The van der Waals surface area contributed by atoms with Gasteiger partial charge in [0.25, 0.3) is 0 Å². The van der Waals surface area contributed by atoms with Crippen molar-refractivity contribution >= 4 is 23.9 Å². The van der Waals surface area contributed by atoms with Gasteiger partial charge in [-0.25, -0.2) is 9.59 Å². The second-order valence-electron chi connectivity index (χ2n) is 12.2. The molecule has 5 rings (SSSR count). The van der Waals surface area contributed by atoms with Crippen molar-refractivity contribution in [3.8, 4) is 11.1 Å². The molecular formula is C38H43N3O7. The van der Waals surface area contributed by atoms with E-state index in [1.165, 1.54) is 0 Å². The number of fused-ring (bicyclic) bond motifs is 3. The highest BCUT2D eigenvalue weighted by molar-refractivity contribution is 5.86. The summed E-state index contributed by atoms with van der Waals surface area (Å²) in [7, 11) is 0. The molecule has 3 N–H and O–H groups in total. The van der Waals surface area contributed by atoms with E-state index >= 15 is 0 Å². The second kappa shape index (κ2) is 16.7. The fourth-order valence-electron chi connectivity index (χ4n) is 6.22. The molecule has 3 unspecified atom stereocenters. The van der Waals surface area contributed by atoms with Gasteiger partial charge in [-0.15, -0.1) is 0 Å². The van der Waals surface area contributed by atoms with Gasteiger partial charge in [0.1, 0.15) is 18.8 Å². The van der Waals surface area contributed by atoms with E-state index in [4.69, 9.17) is 9.47 Å². The first-order valence-corrected chi connectivity index (χ1v) is 16.5. The summed E-state index contributed by atoms with van der Waals surface area (Å²) in [6.45, 7) is 2.11. The number of amides is 3. The molecule has 10 nitrogen and oxygen atoms in total. The van der Waals surface area contributed by atoms with Crippen molar-refractivity contribution in [3.05, 3.63) is 108 Å². The van der Waals surface area contributed by atoms with E-state index in [1.54, 1.807) is 11.8 Å². The second-order valence-corrected chi connectivity index (χ2v) is 12.2. The van der Waals surface area contributed by atoms with Crippen molar-refractivity contribution in [1.29, 1.82) is 0 Å². The molecule has 0 bridgehead atoms. The number of alkyl carbamates (subject to hydrolysis) is 1. The smallest absolute Gasteiger partial charge is 0.407 e. The number of aliphatic hydroxyl groups excluding tert-OH is 1. The maximum atomic E-state index is 13.3. The summed E-state index contributed by atoms with van der Waals surface area (Å²) in [4.78, 5) is 54.1. The molecule has 2 aliphatic rings. The van der Waals surface area contributed by atoms with Crippen molar-refractivity contribution in [2.24, 2.45) is 5.92 Å². The maximum absolute atomic E-state index is 13.3. The summed E-state index contributed by atoms with van der Waals surface area (Å²) in [6, 6.07) is 24.6. The Balaban J connectivity index is 1.19. The van der Waals surface area contributed by atoms with Crippen molar-refractivity contribution in [2.45, 2.75) is 57.2 Å². The van der Waals surface area contributed by atoms with E-state index < -0.39 is 30.1 Å². The minimum Gasteiger partial charge on any atom is -0.459 e. The van der Waals surface area contributed by atoms with Crippen molar-refractivity contribution < 1.29 is 33.8 Å². The van der Waals surface area contributed by atoms with Crippen molar-refractivity contribution in [2.75, 3.05) is 26.3 Å². The van der Waals surface area contributed by atoms with Crippen LogP contribution in [0.2, 0.25) is 0 Å². The number of aliphatic hydroxyl groups is 1. The van der Waals surface area contributed by atoms with Gasteiger partial charge in [0.2, 0.25) is 11.8 Å². The summed E-state index contributed by atoms with van der Waals surface area (Å²) < 4.78 is 11.3. The van der Waals surface area contributed by atoms with Crippen LogP contribution in [-0.2, 0) is 30.4 Å². The van der Waals surface area contributed by atoms with Gasteiger partial charge in [0, 0.05) is 25.4 Å². The Bertz CT molecular complexity index is 1560. The standard InChI is InChI=1S/C38H43N3O7/c1-26-23-39-36(44)28(22-35(43)41(20-21-42)24-27-12-4-2-5-13-27)14-6-3-7-19-34(37(45)48-26)40-38(46)47-25-33-31-17-10-8-15-29(31)30-16-9-11-18-32(30)33/h2-6,8-13,15-18,26,28,33-34,42H,7,14,19-25H2,1H3,(H,39,44)(H,40,46). The number of rotatable bonds is 9. The first-order valence-electron chi connectivity index (χ1n) is 16.5. The Morgan fingerprint density at radius 1 is 0.958 bits per heavy atom. The fraction of sp³-hybridized carbons (Fsp3) is 0.368. The molecule has 3 amide bonds. The minimum absolute atomic E-state index is 0.0386. The molecule has 3 atom stereocenters. The van der Waals surface area contributed by atoms with Crippen molar-refractivity contribution in [1.82, 2.24) is 15.5 Å². The molecule has 0 saturated heterocycles. The zero-order valence-electron chi connectivity index (χ0n) is 27.2. The van der Waals surface area contributed by atoms with Crippen molar-refractivity contribution in [3.63, 3.8) is 0 Å². The van der Waals surface area contributed by atoms with E-state index in [9.17, 15) is 24.3 Å². The largest absolute Gasteiger partial charge is 0.459 e. The highest BCUT2D eigenvalue weighted by atomic mass is 16.6. The van der Waals surface area contributed by atoms with Crippen LogP contribution in [0.15, 0.2) is 91.0 Å². The molecule has 1 aliphatic carbocycles. The molecule has 3 aromatic rings. The van der Waals surface area contributed by atoms with Crippen LogP contribution < -0.4 is 10.6 Å². The molecule has 3 aromatic carbocycles. The highest BCUT2D eigenvalue weighted by Gasteiger charge is 2.31. The number of esters is 1. The third kappa shape index (κ3) is 8.89. The molecule has 0 radical (unpaired) electrons. The predicted octanol–water partition coefficient (Wildman–Crippen LogP) is 4.71. The van der Waals surface area contributed by atoms with Gasteiger partial charge in [-0.2, -0.15) is 0 Å². The Kier molecular flexibility index (Phi) is 12.0. The lowest BCUT2D eigenvalue weighted by Crippen LogP contribution is -2.45. The lowest BCUT2D eigenvalue weighted by Gasteiger charge is -2.25. The average Bonchev–Trinajstić information content (AvgIpc) is 3.42. The minimum atomic E-state index is -0.952. The number of allylic oxidation sites excluding steroid dienone is 2. The van der Waals surface area contributed by atoms with E-state index in [0.717, 1.165) is 27.8 Å². The Hall–Kier alpha value is -4.96. The quantitative estimate of drug-likeness (QED) is 0.225. The zero-order valence-corrected chi connectivity index (χ0v) is 27.2. The molecular weight excluding hydrogens is 610 g/mol. The van der Waals surface area contributed by atoms with E-state index in [1.807, 2.05) is 78.9 Å². The first-order chi connectivity index (χ1) is 23.3. The molecule has 0 spiro atoms. The fourth-order valence-corrected chi connectivity index (χ4v) is 6.22. The van der Waals surface area contributed by atoms with Gasteiger partial charge in [0.15, 0.2) is 0 Å². The Labute approximate surface area is 281 Å². The van der Waals surface area contributed by atoms with Crippen LogP contribution in [0.1, 0.15) is 55.2 Å². The summed E-state index contributed by atoms with van der Waals surface area (Å²) in [5, 5.41) is 15.1. The van der Waals surface area contributed by atoms with Crippen LogP contribution >= 0.6 is 0 Å². The van der Waals surface area contributed by atoms with Gasteiger partial charge in [0.05, 0.1) is 19.1 Å². The molecule has 48 heavy (non-hydrogen) atoms. The third-order valence-corrected chi connectivity index (χ3v) is 8.74. The zero-order chi connectivity index (χ0) is 33.9. The van der Waals surface area contributed by atoms with E-state index in [-0.39, 0.29) is 56.9 Å². The lowest BCUT2D eigenvalue weighted by atomic mass is 9.98. The summed E-state index contributed by atoms with van der Waals surface area (Å²) in [5.74, 6) is -1.95. The Morgan fingerprint density at radius 3 is 2.31 bits per heavy atom. The number of carbonyl (C=O) groups is 4. The number of nitrogens with zero attached hydrogens (tertiary/aromatic N) is 1. The molecule has 1 heterocycles. The predicted molar refractivity (Wildman–Crippen MR) is 181 cm³/mol. The van der Waals surface area contributed by atoms with E-state index in [2.05, 4.69) is 22.8 Å². The summed E-state index contributed by atoms with van der Waals surface area (Å²) in [6.07, 6.45) is 3.22. The van der Waals surface area contributed by atoms with Crippen LogP contribution in [0, 0.1) is 5.92 Å². The van der Waals surface area contributed by atoms with Gasteiger partial charge in [-0.1, -0.05) is 91.0 Å². The summed E-state index contributed by atoms with van der Waals surface area (Å²) in [5.41, 5.74) is 5.35. The average molecular weight is 654 g/mol. The van der Waals surface area contributed by atoms with E-state index in [0.29, 0.717) is 19.4 Å². The number of nitrogens with one attached hydrogen (secondary N) is 2. The molecule has 0 fully saturated rings. The molecule has 0 aromatic heterocycles. The van der Waals surface area contributed by atoms with Crippen LogP contribution in [-0.4, -0.2) is 72.3 Å². The molecule has 10 heteroatoms. The van der Waals surface area contributed by atoms with Crippen LogP contribution in [0.3, 0.4) is 0 Å². The maximum Gasteiger partial charge on any atom is 0.407 e. The van der Waals surface area contributed by atoms with Gasteiger partial charge >= 0.3 is 12.1 Å². The third-order valence-electron chi connectivity index (χ3n) is 8.74. The van der Waals surface area contributed by atoms with Gasteiger partial charge in [-0.05, 0) is 54.0 Å². The number of carbonyl (C=O) groups excluding carboxylic acids is 4. The number of ether oxygens (including phenoxy) is 2. The van der Waals surface area contributed by atoms with Crippen LogP contribution in [0.5, 0.6) is 0 Å².